The van der Waals surface area contributed by atoms with Crippen molar-refractivity contribution in [2.24, 2.45) is 0 Å². The number of benzene rings is 2. The fourth-order valence-electron chi connectivity index (χ4n) is 2.39. The monoisotopic (exact) mass is 347 g/mol. The molecule has 0 spiro atoms. The molecule has 26 heavy (non-hydrogen) atoms. The Balaban J connectivity index is 1.86. The van der Waals surface area contributed by atoms with Crippen LogP contribution in [0.15, 0.2) is 61.2 Å². The SMILES string of the molecule is CN(c1cncnc1)c1cc(F)cc(NC(=O)c2cccc(C#N)c2)c1. The first-order valence-electron chi connectivity index (χ1n) is 7.67. The van der Waals surface area contributed by atoms with Gasteiger partial charge >= 0.3 is 0 Å². The molecule has 0 bridgehead atoms. The summed E-state index contributed by atoms with van der Waals surface area (Å²) in [4.78, 5) is 21.9. The Morgan fingerprint density at radius 1 is 1.15 bits per heavy atom. The van der Waals surface area contributed by atoms with Crippen molar-refractivity contribution >= 4 is 23.0 Å². The topological polar surface area (TPSA) is 81.9 Å². The van der Waals surface area contributed by atoms with Gasteiger partial charge in [0.25, 0.3) is 5.91 Å². The summed E-state index contributed by atoms with van der Waals surface area (Å²) in [7, 11) is 1.75. The zero-order valence-corrected chi connectivity index (χ0v) is 13.8. The third-order valence-electron chi connectivity index (χ3n) is 3.72. The van der Waals surface area contributed by atoms with Crippen molar-refractivity contribution in [2.75, 3.05) is 17.3 Å². The lowest BCUT2D eigenvalue weighted by Crippen LogP contribution is -2.14. The zero-order chi connectivity index (χ0) is 18.5. The predicted octanol–water partition coefficient (Wildman–Crippen LogP) is 3.51. The minimum atomic E-state index is -0.493. The van der Waals surface area contributed by atoms with E-state index in [2.05, 4.69) is 15.3 Å². The fourth-order valence-corrected chi connectivity index (χ4v) is 2.39. The molecule has 1 N–H and O–H groups in total. The van der Waals surface area contributed by atoms with Crippen molar-refractivity contribution < 1.29 is 9.18 Å². The third-order valence-corrected chi connectivity index (χ3v) is 3.72. The number of halogens is 1. The highest BCUT2D eigenvalue weighted by atomic mass is 19.1. The van der Waals surface area contributed by atoms with Crippen LogP contribution in [0.1, 0.15) is 15.9 Å². The average Bonchev–Trinajstić information content (AvgIpc) is 2.67. The average molecular weight is 347 g/mol. The number of aromatic nitrogens is 2. The van der Waals surface area contributed by atoms with Crippen LogP contribution in [-0.4, -0.2) is 22.9 Å². The number of anilines is 3. The molecule has 1 amide bonds. The van der Waals surface area contributed by atoms with Gasteiger partial charge in [0.15, 0.2) is 0 Å². The number of hydrogen-bond donors (Lipinski definition) is 1. The minimum absolute atomic E-state index is 0.302. The van der Waals surface area contributed by atoms with Crippen molar-refractivity contribution in [1.82, 2.24) is 9.97 Å². The number of amides is 1. The van der Waals surface area contributed by atoms with Gasteiger partial charge in [-0.3, -0.25) is 4.79 Å². The second kappa shape index (κ2) is 7.40. The Hall–Kier alpha value is -3.79. The maximum absolute atomic E-state index is 14.0. The number of nitrogens with one attached hydrogen (secondary N) is 1. The first-order chi connectivity index (χ1) is 12.6. The Labute approximate surface area is 149 Å². The van der Waals surface area contributed by atoms with Crippen LogP contribution in [0, 0.1) is 17.1 Å². The minimum Gasteiger partial charge on any atom is -0.342 e. The van der Waals surface area contributed by atoms with Gasteiger partial charge in [0.2, 0.25) is 0 Å². The van der Waals surface area contributed by atoms with Crippen LogP contribution < -0.4 is 10.2 Å². The van der Waals surface area contributed by atoms with Gasteiger partial charge in [-0.1, -0.05) is 6.07 Å². The van der Waals surface area contributed by atoms with E-state index < -0.39 is 11.7 Å². The molecule has 0 aliphatic carbocycles. The molecule has 1 heterocycles. The molecule has 0 saturated carbocycles. The molecule has 0 atom stereocenters. The number of nitriles is 1. The van der Waals surface area contributed by atoms with Gasteiger partial charge in [0.05, 0.1) is 29.7 Å². The van der Waals surface area contributed by atoms with E-state index >= 15 is 0 Å². The maximum Gasteiger partial charge on any atom is 0.255 e. The van der Waals surface area contributed by atoms with Crippen LogP contribution in [-0.2, 0) is 0 Å². The molecular weight excluding hydrogens is 333 g/mol. The lowest BCUT2D eigenvalue weighted by molar-refractivity contribution is 0.102. The van der Waals surface area contributed by atoms with Crippen LogP contribution >= 0.6 is 0 Å². The van der Waals surface area contributed by atoms with Crippen molar-refractivity contribution in [2.45, 2.75) is 0 Å². The van der Waals surface area contributed by atoms with Crippen LogP contribution in [0.25, 0.3) is 0 Å². The van der Waals surface area contributed by atoms with Crippen LogP contribution in [0.4, 0.5) is 21.5 Å². The van der Waals surface area contributed by atoms with E-state index in [1.54, 1.807) is 48.6 Å². The molecule has 128 valence electrons. The third kappa shape index (κ3) is 3.82. The van der Waals surface area contributed by atoms with Crippen molar-refractivity contribution in [1.29, 1.82) is 5.26 Å². The van der Waals surface area contributed by atoms with Crippen LogP contribution in [0.2, 0.25) is 0 Å². The van der Waals surface area contributed by atoms with Crippen LogP contribution in [0.5, 0.6) is 0 Å². The van der Waals surface area contributed by atoms with Gasteiger partial charge in [0, 0.05) is 24.0 Å². The molecule has 6 nitrogen and oxygen atoms in total. The predicted molar refractivity (Wildman–Crippen MR) is 95.6 cm³/mol. The molecule has 3 rings (SSSR count). The number of carbonyl (C=O) groups excluding carboxylic acids is 1. The maximum atomic E-state index is 14.0. The van der Waals surface area contributed by atoms with E-state index in [4.69, 9.17) is 5.26 Å². The van der Waals surface area contributed by atoms with Gasteiger partial charge in [-0.05, 0) is 36.4 Å². The first kappa shape index (κ1) is 17.0. The molecule has 2 aromatic carbocycles. The van der Waals surface area contributed by atoms with Gasteiger partial charge in [-0.2, -0.15) is 5.26 Å². The van der Waals surface area contributed by atoms with Gasteiger partial charge in [-0.15, -0.1) is 0 Å². The summed E-state index contributed by atoms with van der Waals surface area (Å²) >= 11 is 0. The highest BCUT2D eigenvalue weighted by molar-refractivity contribution is 6.04. The lowest BCUT2D eigenvalue weighted by atomic mass is 10.1. The summed E-state index contributed by atoms with van der Waals surface area (Å²) in [5.41, 5.74) is 2.20. The van der Waals surface area contributed by atoms with E-state index in [9.17, 15) is 9.18 Å². The molecule has 3 aromatic rings. The molecular formula is C19H14FN5O. The van der Waals surface area contributed by atoms with Crippen LogP contribution in [0.3, 0.4) is 0 Å². The number of nitrogens with zero attached hydrogens (tertiary/aromatic N) is 4. The highest BCUT2D eigenvalue weighted by Crippen LogP contribution is 2.26. The van der Waals surface area contributed by atoms with E-state index in [-0.39, 0.29) is 0 Å². The summed E-state index contributed by atoms with van der Waals surface area (Å²) in [5.74, 6) is -0.920. The van der Waals surface area contributed by atoms with E-state index in [1.165, 1.54) is 24.5 Å². The summed E-state index contributed by atoms with van der Waals surface area (Å²) in [6.45, 7) is 0. The molecule has 1 aromatic heterocycles. The first-order valence-corrected chi connectivity index (χ1v) is 7.67. The summed E-state index contributed by atoms with van der Waals surface area (Å²) in [5, 5.41) is 11.6. The number of rotatable bonds is 4. The normalized spacial score (nSPS) is 10.0. The second-order valence-corrected chi connectivity index (χ2v) is 5.50. The summed E-state index contributed by atoms with van der Waals surface area (Å²) < 4.78 is 14.0. The van der Waals surface area contributed by atoms with Crippen molar-refractivity contribution in [3.63, 3.8) is 0 Å². The number of hydrogen-bond acceptors (Lipinski definition) is 5. The largest absolute Gasteiger partial charge is 0.342 e. The Morgan fingerprint density at radius 3 is 2.65 bits per heavy atom. The standard InChI is InChI=1S/C19H14FN5O/c1-25(18-10-22-12-23-11-18)17-7-15(20)6-16(8-17)24-19(26)14-4-2-3-13(5-14)9-21/h2-8,10-12H,1H3,(H,24,26). The molecule has 7 heteroatoms. The smallest absolute Gasteiger partial charge is 0.255 e. The quantitative estimate of drug-likeness (QED) is 0.781. The second-order valence-electron chi connectivity index (χ2n) is 5.50. The van der Waals surface area contributed by atoms with E-state index in [1.807, 2.05) is 6.07 Å². The molecule has 0 fully saturated rings. The van der Waals surface area contributed by atoms with Gasteiger partial charge in [-0.25, -0.2) is 14.4 Å². The molecule has 0 saturated heterocycles. The zero-order valence-electron chi connectivity index (χ0n) is 13.8. The summed E-state index contributed by atoms with van der Waals surface area (Å²) in [6, 6.07) is 12.5. The number of carbonyl (C=O) groups is 1. The molecule has 0 unspecified atom stereocenters. The van der Waals surface area contributed by atoms with Gasteiger partial charge < -0.3 is 10.2 Å². The Morgan fingerprint density at radius 2 is 1.92 bits per heavy atom. The van der Waals surface area contributed by atoms with Crippen molar-refractivity contribution in [3.8, 4) is 6.07 Å². The highest BCUT2D eigenvalue weighted by Gasteiger charge is 2.11. The molecule has 0 aliphatic heterocycles. The lowest BCUT2D eigenvalue weighted by Gasteiger charge is -2.19. The van der Waals surface area contributed by atoms with Crippen molar-refractivity contribution in [3.05, 3.63) is 78.1 Å². The Bertz CT molecular complexity index is 985. The van der Waals surface area contributed by atoms with E-state index in [0.29, 0.717) is 28.2 Å². The summed E-state index contributed by atoms with van der Waals surface area (Å²) in [6.07, 6.45) is 4.61. The fraction of sp³-hybridized carbons (Fsp3) is 0.0526. The van der Waals surface area contributed by atoms with E-state index in [0.717, 1.165) is 0 Å². The van der Waals surface area contributed by atoms with Gasteiger partial charge in [0.1, 0.15) is 12.1 Å². The molecule has 0 aliphatic rings. The molecule has 0 radical (unpaired) electrons. The Kier molecular flexibility index (Phi) is 4.85.